The summed E-state index contributed by atoms with van der Waals surface area (Å²) in [6.07, 6.45) is 2.81. The van der Waals surface area contributed by atoms with Gasteiger partial charge in [-0.25, -0.2) is 0 Å². The first kappa shape index (κ1) is 19.1. The van der Waals surface area contributed by atoms with E-state index in [0.717, 1.165) is 0 Å². The number of ether oxygens (including phenoxy) is 3. The minimum Gasteiger partial charge on any atom is -0.497 e. The van der Waals surface area contributed by atoms with E-state index in [1.807, 2.05) is 0 Å². The number of hydrogen-bond donors (Lipinski definition) is 1. The van der Waals surface area contributed by atoms with Crippen LogP contribution in [0.2, 0.25) is 10.0 Å². The number of hydrogen-bond acceptors (Lipinski definition) is 5. The standard InChI is InChI=1S/C19H15Cl2NO5/c1-25-11-5-3-10(4-6-11)13(23)8-7-12-15(20)17-19(18(26-2)16(12)21)27-9-14(24)22-17/h3-8H,9H2,1-2H3,(H,22,24). The number of nitrogens with one attached hydrogen (secondary N) is 1. The van der Waals surface area contributed by atoms with Crippen molar-refractivity contribution in [3.05, 3.63) is 51.5 Å². The predicted octanol–water partition coefficient (Wildman–Crippen LogP) is 4.24. The van der Waals surface area contributed by atoms with Crippen LogP contribution in [-0.4, -0.2) is 32.5 Å². The molecule has 3 rings (SSSR count). The molecule has 2 aromatic rings. The van der Waals surface area contributed by atoms with Crippen LogP contribution in [0.4, 0.5) is 5.69 Å². The molecule has 0 bridgehead atoms. The summed E-state index contributed by atoms with van der Waals surface area (Å²) in [5, 5.41) is 2.97. The molecule has 0 aliphatic carbocycles. The quantitative estimate of drug-likeness (QED) is 0.592. The maximum atomic E-state index is 12.4. The lowest BCUT2D eigenvalue weighted by molar-refractivity contribution is -0.118. The second-order valence-corrected chi connectivity index (χ2v) is 6.30. The first-order chi connectivity index (χ1) is 13.0. The van der Waals surface area contributed by atoms with Crippen molar-refractivity contribution in [2.24, 2.45) is 0 Å². The molecule has 6 nitrogen and oxygen atoms in total. The maximum absolute atomic E-state index is 12.4. The van der Waals surface area contributed by atoms with Crippen molar-refractivity contribution in [3.8, 4) is 17.2 Å². The lowest BCUT2D eigenvalue weighted by atomic mass is 10.1. The van der Waals surface area contributed by atoms with Crippen LogP contribution in [0.5, 0.6) is 17.2 Å². The predicted molar refractivity (Wildman–Crippen MR) is 103 cm³/mol. The average molecular weight is 408 g/mol. The molecule has 140 valence electrons. The number of halogens is 2. The third-order valence-electron chi connectivity index (χ3n) is 3.92. The van der Waals surface area contributed by atoms with Crippen LogP contribution in [0.1, 0.15) is 15.9 Å². The van der Waals surface area contributed by atoms with Crippen LogP contribution in [0.3, 0.4) is 0 Å². The highest BCUT2D eigenvalue weighted by molar-refractivity contribution is 6.41. The topological polar surface area (TPSA) is 73.9 Å². The van der Waals surface area contributed by atoms with Gasteiger partial charge in [0.05, 0.1) is 24.3 Å². The maximum Gasteiger partial charge on any atom is 0.262 e. The summed E-state index contributed by atoms with van der Waals surface area (Å²) in [5.74, 6) is 0.537. The number of benzene rings is 2. The van der Waals surface area contributed by atoms with E-state index in [2.05, 4.69) is 5.32 Å². The minimum atomic E-state index is -0.349. The highest BCUT2D eigenvalue weighted by atomic mass is 35.5. The van der Waals surface area contributed by atoms with Gasteiger partial charge in [0, 0.05) is 11.1 Å². The Morgan fingerprint density at radius 1 is 1.15 bits per heavy atom. The van der Waals surface area contributed by atoms with Gasteiger partial charge in [0.15, 0.2) is 23.9 Å². The van der Waals surface area contributed by atoms with Gasteiger partial charge in [0.25, 0.3) is 5.91 Å². The van der Waals surface area contributed by atoms with E-state index in [4.69, 9.17) is 37.4 Å². The SMILES string of the molecule is COc1ccc(C(=O)C=Cc2c(Cl)c3c(c(OC)c2Cl)OCC(=O)N3)cc1. The summed E-state index contributed by atoms with van der Waals surface area (Å²) in [6.45, 7) is -0.166. The molecule has 1 amide bonds. The molecular weight excluding hydrogens is 393 g/mol. The number of methoxy groups -OCH3 is 2. The van der Waals surface area contributed by atoms with E-state index < -0.39 is 0 Å². The Morgan fingerprint density at radius 3 is 2.48 bits per heavy atom. The molecule has 2 aromatic carbocycles. The van der Waals surface area contributed by atoms with Crippen LogP contribution in [0, 0.1) is 0 Å². The van der Waals surface area contributed by atoms with Gasteiger partial charge in [-0.05, 0) is 36.4 Å². The highest BCUT2D eigenvalue weighted by Crippen LogP contribution is 2.50. The van der Waals surface area contributed by atoms with Gasteiger partial charge < -0.3 is 19.5 Å². The van der Waals surface area contributed by atoms with Gasteiger partial charge in [-0.15, -0.1) is 0 Å². The monoisotopic (exact) mass is 407 g/mol. The molecule has 0 atom stereocenters. The summed E-state index contributed by atoms with van der Waals surface area (Å²) in [6, 6.07) is 6.68. The molecule has 8 heteroatoms. The average Bonchev–Trinajstić information content (AvgIpc) is 2.68. The van der Waals surface area contributed by atoms with E-state index in [-0.39, 0.29) is 45.5 Å². The minimum absolute atomic E-state index is 0.155. The first-order valence-electron chi connectivity index (χ1n) is 7.84. The Kier molecular flexibility index (Phi) is 5.58. The second kappa shape index (κ2) is 7.90. The van der Waals surface area contributed by atoms with Gasteiger partial charge >= 0.3 is 0 Å². The molecule has 1 aliphatic rings. The summed E-state index contributed by atoms with van der Waals surface area (Å²) < 4.78 is 15.7. The van der Waals surface area contributed by atoms with E-state index in [1.54, 1.807) is 31.4 Å². The number of anilines is 1. The number of allylic oxidation sites excluding steroid dienone is 1. The molecular formula is C19H15Cl2NO5. The fourth-order valence-electron chi connectivity index (χ4n) is 2.57. The zero-order chi connectivity index (χ0) is 19.6. The molecule has 0 saturated carbocycles. The highest BCUT2D eigenvalue weighted by Gasteiger charge is 2.28. The van der Waals surface area contributed by atoms with Crippen molar-refractivity contribution in [3.63, 3.8) is 0 Å². The van der Waals surface area contributed by atoms with Crippen LogP contribution in [-0.2, 0) is 4.79 Å². The molecule has 0 fully saturated rings. The number of carbonyl (C=O) groups is 2. The van der Waals surface area contributed by atoms with Gasteiger partial charge in [0.2, 0.25) is 0 Å². The summed E-state index contributed by atoms with van der Waals surface area (Å²) in [4.78, 5) is 24.0. The number of carbonyl (C=O) groups excluding carboxylic acids is 2. The largest absolute Gasteiger partial charge is 0.497 e. The Labute approximate surface area is 165 Å². The third kappa shape index (κ3) is 3.72. The molecule has 0 radical (unpaired) electrons. The molecule has 0 spiro atoms. The molecule has 0 aromatic heterocycles. The van der Waals surface area contributed by atoms with E-state index in [0.29, 0.717) is 16.9 Å². The van der Waals surface area contributed by atoms with E-state index in [1.165, 1.54) is 19.3 Å². The summed E-state index contributed by atoms with van der Waals surface area (Å²) in [7, 11) is 2.97. The Bertz CT molecular complexity index is 938. The molecule has 1 heterocycles. The molecule has 27 heavy (non-hydrogen) atoms. The van der Waals surface area contributed by atoms with Crippen molar-refractivity contribution < 1.29 is 23.8 Å². The van der Waals surface area contributed by atoms with Crippen molar-refractivity contribution in [1.29, 1.82) is 0 Å². The number of rotatable bonds is 5. The first-order valence-corrected chi connectivity index (χ1v) is 8.60. The normalized spacial score (nSPS) is 13.0. The lowest BCUT2D eigenvalue weighted by Crippen LogP contribution is -2.26. The fraction of sp³-hybridized carbons (Fsp3) is 0.158. The van der Waals surface area contributed by atoms with Crippen molar-refractivity contribution in [2.75, 3.05) is 26.1 Å². The smallest absolute Gasteiger partial charge is 0.262 e. The van der Waals surface area contributed by atoms with E-state index in [9.17, 15) is 9.59 Å². The number of amides is 1. The van der Waals surface area contributed by atoms with Crippen LogP contribution >= 0.6 is 23.2 Å². The van der Waals surface area contributed by atoms with Gasteiger partial charge in [-0.2, -0.15) is 0 Å². The Morgan fingerprint density at radius 2 is 1.85 bits per heavy atom. The Balaban J connectivity index is 1.98. The molecule has 0 unspecified atom stereocenters. The van der Waals surface area contributed by atoms with Gasteiger partial charge in [0.1, 0.15) is 11.4 Å². The van der Waals surface area contributed by atoms with Crippen molar-refractivity contribution in [1.82, 2.24) is 0 Å². The zero-order valence-corrected chi connectivity index (χ0v) is 16.0. The summed E-state index contributed by atoms with van der Waals surface area (Å²) in [5.41, 5.74) is 1.06. The Hall–Kier alpha value is -2.70. The van der Waals surface area contributed by atoms with Crippen LogP contribution in [0.15, 0.2) is 30.3 Å². The second-order valence-electron chi connectivity index (χ2n) is 5.54. The number of fused-ring (bicyclic) bond motifs is 1. The molecule has 0 saturated heterocycles. The van der Waals surface area contributed by atoms with Crippen molar-refractivity contribution >= 4 is 46.7 Å². The zero-order valence-electron chi connectivity index (χ0n) is 14.5. The van der Waals surface area contributed by atoms with Gasteiger partial charge in [-0.3, -0.25) is 9.59 Å². The van der Waals surface area contributed by atoms with Gasteiger partial charge in [-0.1, -0.05) is 23.2 Å². The fourth-order valence-corrected chi connectivity index (χ4v) is 3.23. The van der Waals surface area contributed by atoms with Crippen molar-refractivity contribution in [2.45, 2.75) is 0 Å². The third-order valence-corrected chi connectivity index (χ3v) is 4.68. The molecule has 1 N–H and O–H groups in total. The van der Waals surface area contributed by atoms with E-state index >= 15 is 0 Å². The molecule has 1 aliphatic heterocycles. The van der Waals surface area contributed by atoms with Crippen LogP contribution in [0.25, 0.3) is 6.08 Å². The van der Waals surface area contributed by atoms with Crippen LogP contribution < -0.4 is 19.5 Å². The summed E-state index contributed by atoms with van der Waals surface area (Å²) >= 11 is 12.8. The number of ketones is 1. The lowest BCUT2D eigenvalue weighted by Gasteiger charge is -2.23.